The number of nitrogens with zero attached hydrogens (tertiary/aromatic N) is 2. The van der Waals surface area contributed by atoms with Crippen molar-refractivity contribution in [3.8, 4) is 0 Å². The summed E-state index contributed by atoms with van der Waals surface area (Å²) in [5.74, 6) is 0. The quantitative estimate of drug-likeness (QED) is 0.531. The van der Waals surface area contributed by atoms with Gasteiger partial charge in [0, 0.05) is 12.4 Å². The van der Waals surface area contributed by atoms with E-state index in [0.717, 1.165) is 5.56 Å². The number of rotatable bonds is 3. The largest absolute Gasteiger partial charge is 0.437 e. The molecule has 0 aliphatic rings. The minimum absolute atomic E-state index is 0.428. The monoisotopic (exact) mass is 275 g/mol. The third-order valence-electron chi connectivity index (χ3n) is 2.15. The highest BCUT2D eigenvalue weighted by atomic mass is 35.5. The smallest absolute Gasteiger partial charge is 0.298 e. The van der Waals surface area contributed by atoms with E-state index in [2.05, 4.69) is 20.3 Å². The molecular weight excluding hydrogens is 266 g/mol. The van der Waals surface area contributed by atoms with Gasteiger partial charge in [0.25, 0.3) is 0 Å². The van der Waals surface area contributed by atoms with Crippen LogP contribution in [0.2, 0.25) is 5.02 Å². The van der Waals surface area contributed by atoms with E-state index in [-0.39, 0.29) is 0 Å². The first-order valence-electron chi connectivity index (χ1n) is 5.41. The maximum absolute atomic E-state index is 11.4. The first kappa shape index (κ1) is 13.0. The highest BCUT2D eigenvalue weighted by molar-refractivity contribution is 6.33. The van der Waals surface area contributed by atoms with Crippen molar-refractivity contribution in [1.82, 2.24) is 4.98 Å². The van der Waals surface area contributed by atoms with Gasteiger partial charge in [-0.05, 0) is 29.8 Å². The molecule has 1 aromatic heterocycles. The number of para-hydroxylation sites is 1. The molecule has 1 N–H and O–H groups in total. The third-order valence-corrected chi connectivity index (χ3v) is 2.48. The van der Waals surface area contributed by atoms with Crippen LogP contribution in [0.5, 0.6) is 0 Å². The Balaban J connectivity index is 1.89. The summed E-state index contributed by atoms with van der Waals surface area (Å²) < 4.78 is 0. The van der Waals surface area contributed by atoms with Gasteiger partial charge >= 0.3 is 6.09 Å². The zero-order valence-corrected chi connectivity index (χ0v) is 10.5. The predicted octanol–water partition coefficient (Wildman–Crippen LogP) is 3.32. The third kappa shape index (κ3) is 4.08. The van der Waals surface area contributed by atoms with Crippen LogP contribution in [-0.2, 0) is 4.84 Å². The standard InChI is InChI=1S/C13H10ClN3O2/c14-11-3-1-2-4-12(11)17-13(18)19-16-9-10-5-7-15-8-6-10/h1-9H,(H,17,18). The lowest BCUT2D eigenvalue weighted by molar-refractivity contribution is 0.167. The highest BCUT2D eigenvalue weighted by Gasteiger charge is 2.05. The molecular formula is C13H10ClN3O2. The minimum Gasteiger partial charge on any atom is -0.298 e. The number of amides is 1. The predicted molar refractivity (Wildman–Crippen MR) is 73.4 cm³/mol. The summed E-state index contributed by atoms with van der Waals surface area (Å²) in [5.41, 5.74) is 1.24. The molecule has 0 unspecified atom stereocenters. The molecule has 0 atom stereocenters. The van der Waals surface area contributed by atoms with Gasteiger partial charge in [-0.15, -0.1) is 0 Å². The Morgan fingerprint density at radius 1 is 1.26 bits per heavy atom. The number of nitrogens with one attached hydrogen (secondary N) is 1. The van der Waals surface area contributed by atoms with Gasteiger partial charge in [0.1, 0.15) is 0 Å². The fourth-order valence-electron chi connectivity index (χ4n) is 1.28. The van der Waals surface area contributed by atoms with Crippen molar-refractivity contribution in [2.24, 2.45) is 5.16 Å². The lowest BCUT2D eigenvalue weighted by atomic mass is 10.3. The molecule has 0 bridgehead atoms. The van der Waals surface area contributed by atoms with Crippen LogP contribution in [0.15, 0.2) is 53.9 Å². The second-order valence-corrected chi connectivity index (χ2v) is 3.91. The molecule has 1 amide bonds. The van der Waals surface area contributed by atoms with E-state index < -0.39 is 6.09 Å². The molecule has 2 rings (SSSR count). The number of pyridine rings is 1. The molecule has 0 saturated carbocycles. The average molecular weight is 276 g/mol. The van der Waals surface area contributed by atoms with Crippen molar-refractivity contribution >= 4 is 29.6 Å². The summed E-state index contributed by atoms with van der Waals surface area (Å²) in [7, 11) is 0. The molecule has 6 heteroatoms. The first-order valence-corrected chi connectivity index (χ1v) is 5.79. The van der Waals surface area contributed by atoms with Crippen LogP contribution in [0.25, 0.3) is 0 Å². The molecule has 0 aliphatic carbocycles. The number of aromatic nitrogens is 1. The fourth-order valence-corrected chi connectivity index (χ4v) is 1.46. The van der Waals surface area contributed by atoms with Gasteiger partial charge in [-0.2, -0.15) is 0 Å². The topological polar surface area (TPSA) is 63.6 Å². The molecule has 1 heterocycles. The molecule has 0 aliphatic heterocycles. The van der Waals surface area contributed by atoms with Crippen LogP contribution < -0.4 is 5.32 Å². The Labute approximate surface area is 114 Å². The number of hydrogen-bond acceptors (Lipinski definition) is 4. The minimum atomic E-state index is -0.710. The summed E-state index contributed by atoms with van der Waals surface area (Å²) in [5, 5.41) is 6.47. The zero-order chi connectivity index (χ0) is 13.5. The summed E-state index contributed by atoms with van der Waals surface area (Å²) in [6, 6.07) is 10.3. The van der Waals surface area contributed by atoms with Crippen LogP contribution in [0.4, 0.5) is 10.5 Å². The Morgan fingerprint density at radius 2 is 2.00 bits per heavy atom. The summed E-state index contributed by atoms with van der Waals surface area (Å²) in [6.45, 7) is 0. The molecule has 0 fully saturated rings. The van der Waals surface area contributed by atoms with Crippen molar-refractivity contribution in [2.45, 2.75) is 0 Å². The Hall–Kier alpha value is -2.40. The van der Waals surface area contributed by atoms with Crippen molar-refractivity contribution in [3.05, 3.63) is 59.4 Å². The summed E-state index contributed by atoms with van der Waals surface area (Å²) in [6.07, 6.45) is 3.93. The van der Waals surface area contributed by atoms with E-state index in [4.69, 9.17) is 11.6 Å². The summed E-state index contributed by atoms with van der Waals surface area (Å²) in [4.78, 5) is 19.9. The lowest BCUT2D eigenvalue weighted by Crippen LogP contribution is -2.11. The number of carbonyl (C=O) groups is 1. The molecule has 0 saturated heterocycles. The van der Waals surface area contributed by atoms with E-state index in [1.165, 1.54) is 6.21 Å². The molecule has 0 spiro atoms. The highest BCUT2D eigenvalue weighted by Crippen LogP contribution is 2.20. The van der Waals surface area contributed by atoms with Crippen molar-refractivity contribution < 1.29 is 9.63 Å². The number of carbonyl (C=O) groups excluding carboxylic acids is 1. The van der Waals surface area contributed by atoms with Crippen molar-refractivity contribution in [1.29, 1.82) is 0 Å². The zero-order valence-electron chi connectivity index (χ0n) is 9.79. The van der Waals surface area contributed by atoms with E-state index in [1.54, 1.807) is 48.8 Å². The van der Waals surface area contributed by atoms with Crippen molar-refractivity contribution in [2.75, 3.05) is 5.32 Å². The van der Waals surface area contributed by atoms with E-state index in [9.17, 15) is 4.79 Å². The lowest BCUT2D eigenvalue weighted by Gasteiger charge is -2.03. The van der Waals surface area contributed by atoms with E-state index >= 15 is 0 Å². The van der Waals surface area contributed by atoms with E-state index in [1.807, 2.05) is 0 Å². The normalized spacial score (nSPS) is 10.4. The number of hydrogen-bond donors (Lipinski definition) is 1. The first-order chi connectivity index (χ1) is 9.25. The molecule has 96 valence electrons. The molecule has 0 radical (unpaired) electrons. The van der Waals surface area contributed by atoms with E-state index in [0.29, 0.717) is 10.7 Å². The number of oxime groups is 1. The van der Waals surface area contributed by atoms with Gasteiger partial charge in [-0.1, -0.05) is 28.9 Å². The van der Waals surface area contributed by atoms with Crippen LogP contribution in [-0.4, -0.2) is 17.3 Å². The Bertz CT molecular complexity index is 587. The maximum atomic E-state index is 11.4. The van der Waals surface area contributed by atoms with Crippen LogP contribution >= 0.6 is 11.6 Å². The van der Waals surface area contributed by atoms with Gasteiger partial charge in [0.15, 0.2) is 0 Å². The molecule has 2 aromatic rings. The number of halogens is 1. The maximum Gasteiger partial charge on any atom is 0.437 e. The van der Waals surface area contributed by atoms with Gasteiger partial charge in [-0.25, -0.2) is 4.79 Å². The number of benzene rings is 1. The fraction of sp³-hybridized carbons (Fsp3) is 0. The van der Waals surface area contributed by atoms with Crippen molar-refractivity contribution in [3.63, 3.8) is 0 Å². The van der Waals surface area contributed by atoms with Crippen LogP contribution in [0.1, 0.15) is 5.56 Å². The SMILES string of the molecule is O=C(Nc1ccccc1Cl)ON=Cc1ccncc1. The molecule has 1 aromatic carbocycles. The Kier molecular flexibility index (Phi) is 4.47. The van der Waals surface area contributed by atoms with Gasteiger partial charge in [-0.3, -0.25) is 15.1 Å². The van der Waals surface area contributed by atoms with Gasteiger partial charge in [0.2, 0.25) is 0 Å². The van der Waals surface area contributed by atoms with Crippen LogP contribution in [0, 0.1) is 0 Å². The van der Waals surface area contributed by atoms with Gasteiger partial charge < -0.3 is 0 Å². The average Bonchev–Trinajstić information content (AvgIpc) is 2.43. The molecule has 5 nitrogen and oxygen atoms in total. The second-order valence-electron chi connectivity index (χ2n) is 3.50. The van der Waals surface area contributed by atoms with Gasteiger partial charge in [0.05, 0.1) is 16.9 Å². The molecule has 19 heavy (non-hydrogen) atoms. The second kappa shape index (κ2) is 6.51. The Morgan fingerprint density at radius 3 is 2.74 bits per heavy atom. The number of anilines is 1. The van der Waals surface area contributed by atoms with Crippen LogP contribution in [0.3, 0.4) is 0 Å². The summed E-state index contributed by atoms with van der Waals surface area (Å²) >= 11 is 5.88.